The van der Waals surface area contributed by atoms with E-state index < -0.39 is 0 Å². The number of carbonyl (C=O) groups excluding carboxylic acids is 1. The molecule has 0 aliphatic heterocycles. The zero-order valence-electron chi connectivity index (χ0n) is 12.1. The molecule has 2 atom stereocenters. The van der Waals surface area contributed by atoms with Crippen LogP contribution >= 0.6 is 0 Å². The molecule has 1 rings (SSSR count). The molecule has 0 saturated carbocycles. The summed E-state index contributed by atoms with van der Waals surface area (Å²) in [6.45, 7) is 6.56. The smallest absolute Gasteiger partial charge is 0.244 e. The van der Waals surface area contributed by atoms with Crippen molar-refractivity contribution in [1.82, 2.24) is 20.3 Å². The molecule has 108 valence electrons. The lowest BCUT2D eigenvalue weighted by Crippen LogP contribution is -2.37. The van der Waals surface area contributed by atoms with Crippen molar-refractivity contribution in [2.75, 3.05) is 6.54 Å². The fraction of sp³-hybridized carbons (Fsp3) is 0.769. The Balaban J connectivity index is 2.52. The van der Waals surface area contributed by atoms with Crippen LogP contribution in [0.5, 0.6) is 0 Å². The van der Waals surface area contributed by atoms with Crippen LogP contribution in [0.25, 0.3) is 0 Å². The first-order valence-electron chi connectivity index (χ1n) is 6.99. The predicted octanol–water partition coefficient (Wildman–Crippen LogP) is 1.04. The van der Waals surface area contributed by atoms with Crippen LogP contribution in [-0.2, 0) is 11.2 Å². The predicted molar refractivity (Wildman–Crippen MR) is 74.6 cm³/mol. The quantitative estimate of drug-likeness (QED) is 0.689. The largest absolute Gasteiger partial charge is 0.352 e. The standard InChI is InChI=1S/C13H25N5O/c1-4-10(2)15-13(19)11(3)18-9-12(16-17-18)7-5-6-8-14/h9-11H,4-8,14H2,1-3H3,(H,15,19). The number of nitrogens with zero attached hydrogens (tertiary/aromatic N) is 3. The molecule has 0 aliphatic rings. The average Bonchev–Trinajstić information content (AvgIpc) is 2.86. The Morgan fingerprint density at radius 3 is 2.84 bits per heavy atom. The van der Waals surface area contributed by atoms with Gasteiger partial charge in [0.1, 0.15) is 6.04 Å². The van der Waals surface area contributed by atoms with Gasteiger partial charge in [-0.05, 0) is 46.1 Å². The van der Waals surface area contributed by atoms with Gasteiger partial charge in [0.2, 0.25) is 5.91 Å². The fourth-order valence-corrected chi connectivity index (χ4v) is 1.65. The zero-order valence-corrected chi connectivity index (χ0v) is 12.1. The number of aryl methyl sites for hydroxylation is 1. The molecule has 0 radical (unpaired) electrons. The Kier molecular flexibility index (Phi) is 6.49. The van der Waals surface area contributed by atoms with E-state index in [4.69, 9.17) is 5.73 Å². The molecule has 19 heavy (non-hydrogen) atoms. The van der Waals surface area contributed by atoms with Crippen molar-refractivity contribution in [3.8, 4) is 0 Å². The summed E-state index contributed by atoms with van der Waals surface area (Å²) in [5.74, 6) is -0.0206. The van der Waals surface area contributed by atoms with E-state index in [1.807, 2.05) is 27.0 Å². The molecule has 0 spiro atoms. The van der Waals surface area contributed by atoms with Gasteiger partial charge in [0.05, 0.1) is 5.69 Å². The summed E-state index contributed by atoms with van der Waals surface area (Å²) in [5, 5.41) is 11.1. The number of aromatic nitrogens is 3. The number of nitrogens with two attached hydrogens (primary N) is 1. The Morgan fingerprint density at radius 2 is 2.21 bits per heavy atom. The van der Waals surface area contributed by atoms with Crippen molar-refractivity contribution >= 4 is 5.91 Å². The lowest BCUT2D eigenvalue weighted by atomic mass is 10.2. The summed E-state index contributed by atoms with van der Waals surface area (Å²) in [4.78, 5) is 12.0. The van der Waals surface area contributed by atoms with E-state index in [-0.39, 0.29) is 18.0 Å². The molecular weight excluding hydrogens is 242 g/mol. The van der Waals surface area contributed by atoms with Gasteiger partial charge in [-0.15, -0.1) is 5.10 Å². The Morgan fingerprint density at radius 1 is 1.47 bits per heavy atom. The molecule has 1 heterocycles. The van der Waals surface area contributed by atoms with Crippen molar-refractivity contribution < 1.29 is 4.79 Å². The third-order valence-electron chi connectivity index (χ3n) is 3.22. The maximum atomic E-state index is 12.0. The van der Waals surface area contributed by atoms with Crippen LogP contribution in [0.2, 0.25) is 0 Å². The first-order valence-corrected chi connectivity index (χ1v) is 6.99. The number of hydrogen-bond acceptors (Lipinski definition) is 4. The Labute approximate surface area is 114 Å². The molecule has 0 bridgehead atoms. The number of unbranched alkanes of at least 4 members (excludes halogenated alkanes) is 1. The molecule has 1 aromatic heterocycles. The number of amides is 1. The van der Waals surface area contributed by atoms with E-state index in [0.717, 1.165) is 31.4 Å². The van der Waals surface area contributed by atoms with Crippen LogP contribution in [0.3, 0.4) is 0 Å². The average molecular weight is 267 g/mol. The third kappa shape index (κ3) is 4.98. The second kappa shape index (κ2) is 7.89. The van der Waals surface area contributed by atoms with Gasteiger partial charge in [0, 0.05) is 12.2 Å². The van der Waals surface area contributed by atoms with Crippen LogP contribution in [0.4, 0.5) is 0 Å². The summed E-state index contributed by atoms with van der Waals surface area (Å²) >= 11 is 0. The van der Waals surface area contributed by atoms with E-state index in [1.165, 1.54) is 0 Å². The van der Waals surface area contributed by atoms with E-state index in [0.29, 0.717) is 6.54 Å². The number of rotatable bonds is 8. The molecule has 0 aliphatic carbocycles. The maximum Gasteiger partial charge on any atom is 0.244 e. The molecule has 6 heteroatoms. The van der Waals surface area contributed by atoms with Gasteiger partial charge in [-0.3, -0.25) is 4.79 Å². The molecule has 0 saturated heterocycles. The summed E-state index contributed by atoms with van der Waals surface area (Å²) in [5.41, 5.74) is 6.36. The second-order valence-corrected chi connectivity index (χ2v) is 4.93. The maximum absolute atomic E-state index is 12.0. The van der Waals surface area contributed by atoms with E-state index in [9.17, 15) is 4.79 Å². The first-order chi connectivity index (χ1) is 9.08. The molecule has 0 fully saturated rings. The SMILES string of the molecule is CCC(C)NC(=O)C(C)n1cc(CCCCN)nn1. The number of hydrogen-bond donors (Lipinski definition) is 2. The van der Waals surface area contributed by atoms with Gasteiger partial charge in [-0.25, -0.2) is 4.68 Å². The number of carbonyl (C=O) groups is 1. The van der Waals surface area contributed by atoms with E-state index >= 15 is 0 Å². The fourth-order valence-electron chi connectivity index (χ4n) is 1.65. The van der Waals surface area contributed by atoms with Gasteiger partial charge in [0.25, 0.3) is 0 Å². The van der Waals surface area contributed by atoms with E-state index in [2.05, 4.69) is 15.6 Å². The summed E-state index contributed by atoms with van der Waals surface area (Å²) in [7, 11) is 0. The number of nitrogens with one attached hydrogen (secondary N) is 1. The third-order valence-corrected chi connectivity index (χ3v) is 3.22. The van der Waals surface area contributed by atoms with Crippen molar-refractivity contribution in [2.24, 2.45) is 5.73 Å². The lowest BCUT2D eigenvalue weighted by molar-refractivity contribution is -0.124. The van der Waals surface area contributed by atoms with Gasteiger partial charge in [-0.2, -0.15) is 0 Å². The summed E-state index contributed by atoms with van der Waals surface area (Å²) < 4.78 is 1.62. The highest BCUT2D eigenvalue weighted by Gasteiger charge is 2.17. The van der Waals surface area contributed by atoms with Crippen molar-refractivity contribution in [2.45, 2.75) is 58.5 Å². The monoisotopic (exact) mass is 267 g/mol. The van der Waals surface area contributed by atoms with Crippen LogP contribution in [-0.4, -0.2) is 33.5 Å². The molecule has 1 amide bonds. The summed E-state index contributed by atoms with van der Waals surface area (Å²) in [6.07, 6.45) is 5.61. The highest BCUT2D eigenvalue weighted by molar-refractivity contribution is 5.79. The summed E-state index contributed by atoms with van der Waals surface area (Å²) in [6, 6.07) is -0.146. The van der Waals surface area contributed by atoms with Crippen molar-refractivity contribution in [3.05, 3.63) is 11.9 Å². The van der Waals surface area contributed by atoms with Crippen LogP contribution in [0, 0.1) is 0 Å². The molecule has 6 nitrogen and oxygen atoms in total. The van der Waals surface area contributed by atoms with Gasteiger partial charge >= 0.3 is 0 Å². The molecule has 2 unspecified atom stereocenters. The van der Waals surface area contributed by atoms with Gasteiger partial charge in [0.15, 0.2) is 0 Å². The molecule has 1 aromatic rings. The highest BCUT2D eigenvalue weighted by Crippen LogP contribution is 2.07. The van der Waals surface area contributed by atoms with Gasteiger partial charge < -0.3 is 11.1 Å². The van der Waals surface area contributed by atoms with Crippen LogP contribution in [0.15, 0.2) is 6.20 Å². The van der Waals surface area contributed by atoms with Crippen molar-refractivity contribution in [3.63, 3.8) is 0 Å². The Bertz CT molecular complexity index is 390. The normalized spacial score (nSPS) is 14.1. The second-order valence-electron chi connectivity index (χ2n) is 4.93. The van der Waals surface area contributed by atoms with Crippen LogP contribution in [0.1, 0.15) is 51.8 Å². The highest BCUT2D eigenvalue weighted by atomic mass is 16.2. The lowest BCUT2D eigenvalue weighted by Gasteiger charge is -2.15. The molecular formula is C13H25N5O. The van der Waals surface area contributed by atoms with E-state index in [1.54, 1.807) is 4.68 Å². The van der Waals surface area contributed by atoms with Crippen LogP contribution < -0.4 is 11.1 Å². The Hall–Kier alpha value is -1.43. The topological polar surface area (TPSA) is 85.8 Å². The zero-order chi connectivity index (χ0) is 14.3. The molecule has 0 aromatic carbocycles. The van der Waals surface area contributed by atoms with Gasteiger partial charge in [-0.1, -0.05) is 12.1 Å². The molecule has 3 N–H and O–H groups in total. The first kappa shape index (κ1) is 15.6. The minimum Gasteiger partial charge on any atom is -0.352 e. The van der Waals surface area contributed by atoms with Crippen molar-refractivity contribution in [1.29, 1.82) is 0 Å². The minimum atomic E-state index is -0.329. The minimum absolute atomic E-state index is 0.0206.